The topological polar surface area (TPSA) is 36.3 Å². The number of hydrogen-bond acceptors (Lipinski definition) is 3. The molecule has 21 heavy (non-hydrogen) atoms. The summed E-state index contributed by atoms with van der Waals surface area (Å²) in [6.07, 6.45) is 0.738. The summed E-state index contributed by atoms with van der Waals surface area (Å²) in [4.78, 5) is 2.05. The van der Waals surface area contributed by atoms with Crippen LogP contribution in [0.1, 0.15) is 22.3 Å². The molecule has 3 heteroatoms. The van der Waals surface area contributed by atoms with Gasteiger partial charge in [0.1, 0.15) is 5.75 Å². The Bertz CT molecular complexity index is 667. The summed E-state index contributed by atoms with van der Waals surface area (Å²) < 4.78 is 5.18. The second kappa shape index (κ2) is 6.32. The van der Waals surface area contributed by atoms with Crippen molar-refractivity contribution >= 4 is 5.69 Å². The van der Waals surface area contributed by atoms with Gasteiger partial charge in [-0.25, -0.2) is 0 Å². The molecule has 0 unspecified atom stereocenters. The van der Waals surface area contributed by atoms with Crippen LogP contribution in [0.25, 0.3) is 0 Å². The molecule has 3 nitrogen and oxygen atoms in total. The number of hydrogen-bond donors (Lipinski definition) is 0. The predicted octanol–water partition coefficient (Wildman–Crippen LogP) is 3.53. The second-order valence-corrected chi connectivity index (χ2v) is 5.29. The molecule has 0 heterocycles. The Kier molecular flexibility index (Phi) is 4.49. The summed E-state index contributed by atoms with van der Waals surface area (Å²) in [5.74, 6) is 0.844. The van der Waals surface area contributed by atoms with E-state index in [1.54, 1.807) is 7.11 Å². The van der Waals surface area contributed by atoms with Crippen molar-refractivity contribution in [1.29, 1.82) is 5.26 Å². The number of ether oxygens (including phenoxy) is 1. The lowest BCUT2D eigenvalue weighted by atomic mass is 9.94. The molecule has 2 rings (SSSR count). The van der Waals surface area contributed by atoms with Crippen LogP contribution in [0.2, 0.25) is 0 Å². The first kappa shape index (κ1) is 14.9. The lowest BCUT2D eigenvalue weighted by molar-refractivity contribution is 0.414. The monoisotopic (exact) mass is 280 g/mol. The number of aryl methyl sites for hydroxylation is 1. The van der Waals surface area contributed by atoms with Gasteiger partial charge in [0, 0.05) is 26.2 Å². The summed E-state index contributed by atoms with van der Waals surface area (Å²) in [5.41, 5.74) is 5.13. The molecule has 0 radical (unpaired) electrons. The quantitative estimate of drug-likeness (QED) is 0.859. The van der Waals surface area contributed by atoms with Gasteiger partial charge in [-0.2, -0.15) is 5.26 Å². The van der Waals surface area contributed by atoms with Gasteiger partial charge in [-0.05, 0) is 41.8 Å². The standard InChI is InChI=1S/C18H20N2O/c1-13-5-10-18(20(2)3)16(17(13)12-19)11-14-6-8-15(21-4)9-7-14/h5-10H,11H2,1-4H3. The van der Waals surface area contributed by atoms with Crippen LogP contribution in [0.15, 0.2) is 36.4 Å². The molecule has 0 atom stereocenters. The van der Waals surface area contributed by atoms with Gasteiger partial charge in [0.05, 0.1) is 18.7 Å². The Morgan fingerprint density at radius 1 is 1.10 bits per heavy atom. The van der Waals surface area contributed by atoms with Crippen molar-refractivity contribution in [3.05, 3.63) is 58.7 Å². The minimum Gasteiger partial charge on any atom is -0.497 e. The van der Waals surface area contributed by atoms with E-state index >= 15 is 0 Å². The van der Waals surface area contributed by atoms with Gasteiger partial charge in [-0.3, -0.25) is 0 Å². The molecule has 0 aliphatic carbocycles. The van der Waals surface area contributed by atoms with E-state index in [1.807, 2.05) is 51.4 Å². The van der Waals surface area contributed by atoms with E-state index in [4.69, 9.17) is 4.74 Å². The lowest BCUT2D eigenvalue weighted by Crippen LogP contribution is -2.13. The first-order chi connectivity index (χ1) is 10.1. The Labute approximate surface area is 126 Å². The molecule has 0 amide bonds. The van der Waals surface area contributed by atoms with Crippen LogP contribution in [-0.2, 0) is 6.42 Å². The van der Waals surface area contributed by atoms with Gasteiger partial charge in [0.2, 0.25) is 0 Å². The molecule has 0 aromatic heterocycles. The van der Waals surface area contributed by atoms with E-state index in [2.05, 4.69) is 17.0 Å². The molecule has 108 valence electrons. The summed E-state index contributed by atoms with van der Waals surface area (Å²) >= 11 is 0. The normalized spacial score (nSPS) is 10.0. The third kappa shape index (κ3) is 3.17. The maximum Gasteiger partial charge on any atom is 0.118 e. The largest absolute Gasteiger partial charge is 0.497 e. The number of nitriles is 1. The fourth-order valence-corrected chi connectivity index (χ4v) is 2.46. The van der Waals surface area contributed by atoms with Crippen molar-refractivity contribution in [3.63, 3.8) is 0 Å². The minimum absolute atomic E-state index is 0.738. The number of nitrogens with zero attached hydrogens (tertiary/aromatic N) is 2. The number of methoxy groups -OCH3 is 1. The van der Waals surface area contributed by atoms with Crippen molar-refractivity contribution in [1.82, 2.24) is 0 Å². The molecule has 0 fully saturated rings. The molecule has 2 aromatic rings. The third-order valence-electron chi connectivity index (χ3n) is 3.63. The van der Waals surface area contributed by atoms with Crippen LogP contribution in [0.4, 0.5) is 5.69 Å². The Hall–Kier alpha value is -2.47. The van der Waals surface area contributed by atoms with E-state index in [-0.39, 0.29) is 0 Å². The average Bonchev–Trinajstić information content (AvgIpc) is 2.48. The van der Waals surface area contributed by atoms with Crippen molar-refractivity contribution in [3.8, 4) is 11.8 Å². The fourth-order valence-electron chi connectivity index (χ4n) is 2.46. The molecule has 0 N–H and O–H groups in total. The molecule has 0 bridgehead atoms. The zero-order chi connectivity index (χ0) is 15.4. The Balaban J connectivity index is 2.46. The van der Waals surface area contributed by atoms with Crippen molar-refractivity contribution < 1.29 is 4.74 Å². The van der Waals surface area contributed by atoms with Crippen LogP contribution in [0.3, 0.4) is 0 Å². The van der Waals surface area contributed by atoms with Gasteiger partial charge in [0.25, 0.3) is 0 Å². The van der Waals surface area contributed by atoms with Gasteiger partial charge in [0.15, 0.2) is 0 Å². The highest BCUT2D eigenvalue weighted by Crippen LogP contribution is 2.28. The third-order valence-corrected chi connectivity index (χ3v) is 3.63. The van der Waals surface area contributed by atoms with Crippen LogP contribution < -0.4 is 9.64 Å². The molecular weight excluding hydrogens is 260 g/mol. The smallest absolute Gasteiger partial charge is 0.118 e. The molecule has 0 aliphatic heterocycles. The first-order valence-corrected chi connectivity index (χ1v) is 6.89. The Morgan fingerprint density at radius 3 is 2.29 bits per heavy atom. The fraction of sp³-hybridized carbons (Fsp3) is 0.278. The molecular formula is C18H20N2O. The van der Waals surface area contributed by atoms with Gasteiger partial charge in [-0.15, -0.1) is 0 Å². The highest BCUT2D eigenvalue weighted by atomic mass is 16.5. The highest BCUT2D eigenvalue weighted by molar-refractivity contribution is 5.63. The second-order valence-electron chi connectivity index (χ2n) is 5.29. The van der Waals surface area contributed by atoms with E-state index in [0.29, 0.717) is 0 Å². The number of rotatable bonds is 4. The number of benzene rings is 2. The van der Waals surface area contributed by atoms with Crippen molar-refractivity contribution in [2.45, 2.75) is 13.3 Å². The summed E-state index contributed by atoms with van der Waals surface area (Å²) in [6.45, 7) is 1.98. The lowest BCUT2D eigenvalue weighted by Gasteiger charge is -2.20. The first-order valence-electron chi connectivity index (χ1n) is 6.89. The van der Waals surface area contributed by atoms with E-state index in [1.165, 1.54) is 5.56 Å². The highest BCUT2D eigenvalue weighted by Gasteiger charge is 2.13. The summed E-state index contributed by atoms with van der Waals surface area (Å²) in [5, 5.41) is 9.48. The molecule has 0 saturated carbocycles. The molecule has 0 saturated heterocycles. The Morgan fingerprint density at radius 2 is 1.76 bits per heavy atom. The van der Waals surface area contributed by atoms with E-state index < -0.39 is 0 Å². The minimum atomic E-state index is 0.738. The average molecular weight is 280 g/mol. The van der Waals surface area contributed by atoms with Crippen LogP contribution in [-0.4, -0.2) is 21.2 Å². The zero-order valence-electron chi connectivity index (χ0n) is 13.0. The number of anilines is 1. The van der Waals surface area contributed by atoms with Gasteiger partial charge >= 0.3 is 0 Å². The van der Waals surface area contributed by atoms with E-state index in [9.17, 15) is 5.26 Å². The van der Waals surface area contributed by atoms with Crippen LogP contribution in [0, 0.1) is 18.3 Å². The summed E-state index contributed by atoms with van der Waals surface area (Å²) in [6, 6.07) is 14.4. The zero-order valence-corrected chi connectivity index (χ0v) is 13.0. The van der Waals surface area contributed by atoms with Crippen molar-refractivity contribution in [2.24, 2.45) is 0 Å². The SMILES string of the molecule is COc1ccc(Cc2c(N(C)C)ccc(C)c2C#N)cc1. The van der Waals surface area contributed by atoms with Crippen molar-refractivity contribution in [2.75, 3.05) is 26.1 Å². The summed E-state index contributed by atoms with van der Waals surface area (Å²) in [7, 11) is 5.67. The maximum absolute atomic E-state index is 9.48. The molecule has 0 aliphatic rings. The van der Waals surface area contributed by atoms with Crippen LogP contribution >= 0.6 is 0 Å². The van der Waals surface area contributed by atoms with E-state index in [0.717, 1.165) is 34.5 Å². The van der Waals surface area contributed by atoms with Gasteiger partial charge < -0.3 is 9.64 Å². The molecule has 2 aromatic carbocycles. The van der Waals surface area contributed by atoms with Gasteiger partial charge in [-0.1, -0.05) is 18.2 Å². The molecule has 0 spiro atoms. The predicted molar refractivity (Wildman–Crippen MR) is 86.0 cm³/mol. The maximum atomic E-state index is 9.48. The van der Waals surface area contributed by atoms with Crippen LogP contribution in [0.5, 0.6) is 5.75 Å².